The summed E-state index contributed by atoms with van der Waals surface area (Å²) in [5.41, 5.74) is 0.928. The highest BCUT2D eigenvalue weighted by atomic mass is 35.5. The molecule has 162 valence electrons. The van der Waals surface area contributed by atoms with Crippen LogP contribution in [0.4, 0.5) is 18.9 Å². The van der Waals surface area contributed by atoms with Crippen molar-refractivity contribution in [2.24, 2.45) is 0 Å². The van der Waals surface area contributed by atoms with E-state index in [1.807, 2.05) is 13.0 Å². The number of anilines is 1. The van der Waals surface area contributed by atoms with Gasteiger partial charge in [-0.1, -0.05) is 35.4 Å². The lowest BCUT2D eigenvalue weighted by atomic mass is 10.1. The van der Waals surface area contributed by atoms with Gasteiger partial charge < -0.3 is 9.73 Å². The highest BCUT2D eigenvalue weighted by molar-refractivity contribution is 6.31. The molecule has 4 aromatic rings. The summed E-state index contributed by atoms with van der Waals surface area (Å²) in [6.07, 6.45) is -4.64. The molecule has 0 aliphatic heterocycles. The molecule has 1 heterocycles. The molecule has 0 radical (unpaired) electrons. The van der Waals surface area contributed by atoms with Crippen molar-refractivity contribution in [2.45, 2.75) is 13.1 Å². The largest absolute Gasteiger partial charge is 0.456 e. The highest BCUT2D eigenvalue weighted by Gasteiger charge is 2.33. The Kier molecular flexibility index (Phi) is 5.52. The maximum Gasteiger partial charge on any atom is 0.417 e. The van der Waals surface area contributed by atoms with Crippen molar-refractivity contribution in [3.63, 3.8) is 0 Å². The fraction of sp³-hybridized carbons (Fsp3) is 0.0833. The fourth-order valence-electron chi connectivity index (χ4n) is 3.22. The number of hydrogen-bond donors (Lipinski definition) is 1. The molecule has 0 spiro atoms. The molecule has 0 bridgehead atoms. The van der Waals surface area contributed by atoms with Crippen LogP contribution < -0.4 is 10.7 Å². The summed E-state index contributed by atoms with van der Waals surface area (Å²) < 4.78 is 44.9. The SMILES string of the molecule is Cc1ccc2oc(-c3ccc(C(=O)Nc4ccc(Cl)c(C(F)(F)F)c4)cc3)cc(=O)c2c1. The number of carbonyl (C=O) groups excluding carboxylic acids is 1. The number of halogens is 4. The average molecular weight is 458 g/mol. The summed E-state index contributed by atoms with van der Waals surface area (Å²) in [5.74, 6) is -0.256. The third-order valence-corrected chi connectivity index (χ3v) is 5.17. The van der Waals surface area contributed by atoms with E-state index in [0.717, 1.165) is 17.7 Å². The number of carbonyl (C=O) groups is 1. The van der Waals surface area contributed by atoms with Gasteiger partial charge in [0.05, 0.1) is 16.0 Å². The first-order valence-corrected chi connectivity index (χ1v) is 9.83. The molecule has 4 rings (SSSR count). The van der Waals surface area contributed by atoms with Crippen LogP contribution in [0.15, 0.2) is 75.9 Å². The lowest BCUT2D eigenvalue weighted by Gasteiger charge is -2.12. The predicted octanol–water partition coefficient (Wildman–Crippen LogP) is 6.69. The molecule has 1 N–H and O–H groups in total. The molecule has 0 aliphatic rings. The number of benzene rings is 3. The van der Waals surface area contributed by atoms with Gasteiger partial charge in [0.1, 0.15) is 11.3 Å². The second kappa shape index (κ2) is 8.16. The topological polar surface area (TPSA) is 59.3 Å². The third kappa shape index (κ3) is 4.38. The van der Waals surface area contributed by atoms with Crippen LogP contribution in [-0.4, -0.2) is 5.91 Å². The monoisotopic (exact) mass is 457 g/mol. The van der Waals surface area contributed by atoms with Crippen LogP contribution in [0.3, 0.4) is 0 Å². The molecule has 4 nitrogen and oxygen atoms in total. The summed E-state index contributed by atoms with van der Waals surface area (Å²) in [4.78, 5) is 24.9. The van der Waals surface area contributed by atoms with E-state index in [1.165, 1.54) is 24.3 Å². The highest BCUT2D eigenvalue weighted by Crippen LogP contribution is 2.36. The second-order valence-corrected chi connectivity index (χ2v) is 7.61. The Balaban J connectivity index is 1.58. The van der Waals surface area contributed by atoms with E-state index in [-0.39, 0.29) is 16.7 Å². The van der Waals surface area contributed by atoms with E-state index < -0.39 is 22.7 Å². The van der Waals surface area contributed by atoms with Gasteiger partial charge in [-0.2, -0.15) is 13.2 Å². The molecule has 0 saturated heterocycles. The number of amides is 1. The number of rotatable bonds is 3. The maximum absolute atomic E-state index is 13.0. The van der Waals surface area contributed by atoms with Gasteiger partial charge in [0.2, 0.25) is 0 Å². The van der Waals surface area contributed by atoms with Crippen molar-refractivity contribution in [2.75, 3.05) is 5.32 Å². The third-order valence-electron chi connectivity index (χ3n) is 4.84. The van der Waals surface area contributed by atoms with Crippen LogP contribution in [0.2, 0.25) is 5.02 Å². The molecule has 8 heteroatoms. The van der Waals surface area contributed by atoms with Crippen LogP contribution >= 0.6 is 11.6 Å². The standard InChI is InChI=1S/C24H15ClF3NO3/c1-13-2-9-21-17(10-13)20(30)12-22(32-21)14-3-5-15(6-4-14)23(31)29-16-7-8-19(25)18(11-16)24(26,27)28/h2-12H,1H3,(H,29,31). The van der Waals surface area contributed by atoms with Gasteiger partial charge >= 0.3 is 6.18 Å². The number of aryl methyl sites for hydroxylation is 1. The van der Waals surface area contributed by atoms with Crippen LogP contribution in [0, 0.1) is 6.92 Å². The average Bonchev–Trinajstić information content (AvgIpc) is 2.75. The lowest BCUT2D eigenvalue weighted by molar-refractivity contribution is -0.137. The number of nitrogens with one attached hydrogen (secondary N) is 1. The molecule has 0 aliphatic carbocycles. The number of alkyl halides is 3. The van der Waals surface area contributed by atoms with E-state index in [4.69, 9.17) is 16.0 Å². The van der Waals surface area contributed by atoms with E-state index in [0.29, 0.717) is 22.3 Å². The molecule has 32 heavy (non-hydrogen) atoms. The zero-order valence-corrected chi connectivity index (χ0v) is 17.3. The van der Waals surface area contributed by atoms with Gasteiger partial charge in [-0.25, -0.2) is 0 Å². The zero-order chi connectivity index (χ0) is 23.0. The molecule has 1 amide bonds. The quantitative estimate of drug-likeness (QED) is 0.372. The summed E-state index contributed by atoms with van der Waals surface area (Å²) in [5, 5.41) is 2.45. The van der Waals surface area contributed by atoms with Crippen LogP contribution in [0.1, 0.15) is 21.5 Å². The first-order valence-electron chi connectivity index (χ1n) is 9.45. The van der Waals surface area contributed by atoms with Gasteiger partial charge in [-0.3, -0.25) is 9.59 Å². The Morgan fingerprint density at radius 2 is 1.69 bits per heavy atom. The zero-order valence-electron chi connectivity index (χ0n) is 16.6. The lowest BCUT2D eigenvalue weighted by Crippen LogP contribution is -2.13. The minimum Gasteiger partial charge on any atom is -0.456 e. The Morgan fingerprint density at radius 3 is 2.38 bits per heavy atom. The minimum absolute atomic E-state index is 0.0355. The first-order chi connectivity index (χ1) is 15.1. The van der Waals surface area contributed by atoms with Gasteiger partial charge in [-0.15, -0.1) is 0 Å². The van der Waals surface area contributed by atoms with Crippen LogP contribution in [0.25, 0.3) is 22.3 Å². The summed E-state index contributed by atoms with van der Waals surface area (Å²) in [7, 11) is 0. The molecular weight excluding hydrogens is 443 g/mol. The summed E-state index contributed by atoms with van der Waals surface area (Å²) >= 11 is 5.60. The number of hydrogen-bond acceptors (Lipinski definition) is 3. The van der Waals surface area contributed by atoms with E-state index in [9.17, 15) is 22.8 Å². The van der Waals surface area contributed by atoms with Crippen molar-refractivity contribution in [1.29, 1.82) is 0 Å². The maximum atomic E-state index is 13.0. The molecule has 0 saturated carbocycles. The second-order valence-electron chi connectivity index (χ2n) is 7.20. The Morgan fingerprint density at radius 1 is 0.969 bits per heavy atom. The first kappa shape index (κ1) is 21.6. The fourth-order valence-corrected chi connectivity index (χ4v) is 3.45. The van der Waals surface area contributed by atoms with Crippen LogP contribution in [-0.2, 0) is 6.18 Å². The molecule has 3 aromatic carbocycles. The van der Waals surface area contributed by atoms with Crippen molar-refractivity contribution in [3.8, 4) is 11.3 Å². The van der Waals surface area contributed by atoms with Gasteiger partial charge in [0.25, 0.3) is 5.91 Å². The van der Waals surface area contributed by atoms with E-state index in [1.54, 1.807) is 24.3 Å². The predicted molar refractivity (Wildman–Crippen MR) is 117 cm³/mol. The Bertz CT molecular complexity index is 1390. The minimum atomic E-state index is -4.64. The Hall–Kier alpha value is -3.58. The van der Waals surface area contributed by atoms with E-state index >= 15 is 0 Å². The number of fused-ring (bicyclic) bond motifs is 1. The summed E-state index contributed by atoms with van der Waals surface area (Å²) in [6.45, 7) is 1.88. The van der Waals surface area contributed by atoms with Gasteiger partial charge in [-0.05, 0) is 49.4 Å². The molecule has 0 fully saturated rings. The van der Waals surface area contributed by atoms with Crippen molar-refractivity contribution < 1.29 is 22.4 Å². The van der Waals surface area contributed by atoms with Gasteiger partial charge in [0.15, 0.2) is 5.43 Å². The van der Waals surface area contributed by atoms with E-state index in [2.05, 4.69) is 5.32 Å². The Labute approximate surface area is 185 Å². The molecule has 0 atom stereocenters. The molecule has 1 aromatic heterocycles. The molecular formula is C24H15ClF3NO3. The van der Waals surface area contributed by atoms with Crippen molar-refractivity contribution in [3.05, 3.63) is 98.7 Å². The summed E-state index contributed by atoms with van der Waals surface area (Å²) in [6, 6.07) is 16.0. The smallest absolute Gasteiger partial charge is 0.417 e. The van der Waals surface area contributed by atoms with Crippen molar-refractivity contribution in [1.82, 2.24) is 0 Å². The van der Waals surface area contributed by atoms with Crippen LogP contribution in [0.5, 0.6) is 0 Å². The molecule has 0 unspecified atom stereocenters. The van der Waals surface area contributed by atoms with Gasteiger partial charge in [0, 0.05) is 22.9 Å². The normalized spacial score (nSPS) is 11.5. The van der Waals surface area contributed by atoms with Crippen molar-refractivity contribution >= 4 is 34.2 Å².